The molecule has 0 saturated heterocycles. The zero-order chi connectivity index (χ0) is 17.1. The molecule has 1 amide bonds. The molecule has 122 valence electrons. The maximum absolute atomic E-state index is 13.8. The van der Waals surface area contributed by atoms with Gasteiger partial charge in [-0.3, -0.25) is 4.79 Å². The summed E-state index contributed by atoms with van der Waals surface area (Å²) in [6.07, 6.45) is 0. The van der Waals surface area contributed by atoms with E-state index in [0.717, 1.165) is 5.69 Å². The monoisotopic (exact) mass is 388 g/mol. The zero-order valence-electron chi connectivity index (χ0n) is 12.8. The molecule has 0 bridgehead atoms. The number of pyridine rings is 1. The first-order chi connectivity index (χ1) is 11.5. The number of hydrogen-bond acceptors (Lipinski definition) is 3. The molecular weight excluding hydrogens is 375 g/mol. The standard InChI is InChI=1S/C18H14BrFN2O2/c1-11-6-8-14(17(19)22-11)18(23)21-10-12-7-9-16(24-12)13-4-2-3-5-15(13)20/h2-9H,10H2,1H3,(H,21,23). The summed E-state index contributed by atoms with van der Waals surface area (Å²) in [6.45, 7) is 2.05. The molecule has 24 heavy (non-hydrogen) atoms. The van der Waals surface area contributed by atoms with Gasteiger partial charge in [0, 0.05) is 5.69 Å². The Morgan fingerprint density at radius 3 is 2.75 bits per heavy atom. The maximum Gasteiger partial charge on any atom is 0.254 e. The second kappa shape index (κ2) is 6.97. The Balaban J connectivity index is 1.69. The first-order valence-electron chi connectivity index (χ1n) is 7.29. The van der Waals surface area contributed by atoms with Gasteiger partial charge < -0.3 is 9.73 Å². The molecule has 0 fully saturated rings. The summed E-state index contributed by atoms with van der Waals surface area (Å²) in [4.78, 5) is 16.4. The van der Waals surface area contributed by atoms with E-state index in [2.05, 4.69) is 26.2 Å². The molecular formula is C18H14BrFN2O2. The normalized spacial score (nSPS) is 10.6. The molecule has 6 heteroatoms. The van der Waals surface area contributed by atoms with Crippen LogP contribution in [0.25, 0.3) is 11.3 Å². The van der Waals surface area contributed by atoms with E-state index in [9.17, 15) is 9.18 Å². The topological polar surface area (TPSA) is 55.1 Å². The van der Waals surface area contributed by atoms with Crippen molar-refractivity contribution < 1.29 is 13.6 Å². The number of furan rings is 1. The number of nitrogens with zero attached hydrogens (tertiary/aromatic N) is 1. The van der Waals surface area contributed by atoms with Gasteiger partial charge in [0.1, 0.15) is 21.9 Å². The summed E-state index contributed by atoms with van der Waals surface area (Å²) < 4.78 is 19.9. The van der Waals surface area contributed by atoms with Crippen molar-refractivity contribution >= 4 is 21.8 Å². The molecule has 0 spiro atoms. The van der Waals surface area contributed by atoms with Crippen LogP contribution in [0.15, 0.2) is 57.6 Å². The van der Waals surface area contributed by atoms with E-state index in [0.29, 0.717) is 27.3 Å². The lowest BCUT2D eigenvalue weighted by Crippen LogP contribution is -2.23. The van der Waals surface area contributed by atoms with E-state index in [-0.39, 0.29) is 18.3 Å². The van der Waals surface area contributed by atoms with Gasteiger partial charge in [-0.2, -0.15) is 0 Å². The number of amides is 1. The lowest BCUT2D eigenvalue weighted by Gasteiger charge is -2.06. The van der Waals surface area contributed by atoms with E-state index in [1.54, 1.807) is 42.5 Å². The Kier molecular flexibility index (Phi) is 4.76. The van der Waals surface area contributed by atoms with Crippen molar-refractivity contribution in [2.75, 3.05) is 0 Å². The van der Waals surface area contributed by atoms with Crippen LogP contribution in [0.3, 0.4) is 0 Å². The van der Waals surface area contributed by atoms with Crippen molar-refractivity contribution in [3.05, 3.63) is 76.0 Å². The molecule has 0 aliphatic rings. The second-order valence-corrected chi connectivity index (χ2v) is 5.97. The van der Waals surface area contributed by atoms with Gasteiger partial charge in [-0.05, 0) is 59.3 Å². The molecule has 2 heterocycles. The summed E-state index contributed by atoms with van der Waals surface area (Å²) in [5, 5.41) is 2.76. The maximum atomic E-state index is 13.8. The fourth-order valence-electron chi connectivity index (χ4n) is 2.24. The highest BCUT2D eigenvalue weighted by Crippen LogP contribution is 2.24. The number of aromatic nitrogens is 1. The predicted octanol–water partition coefficient (Wildman–Crippen LogP) is 4.48. The average molecular weight is 389 g/mol. The molecule has 3 rings (SSSR count). The third-order valence-electron chi connectivity index (χ3n) is 3.46. The minimum absolute atomic E-state index is 0.202. The zero-order valence-corrected chi connectivity index (χ0v) is 14.4. The molecule has 0 aliphatic carbocycles. The van der Waals surface area contributed by atoms with Crippen molar-refractivity contribution in [2.45, 2.75) is 13.5 Å². The number of halogens is 2. The molecule has 0 radical (unpaired) electrons. The summed E-state index contributed by atoms with van der Waals surface area (Å²) in [6, 6.07) is 13.2. The van der Waals surface area contributed by atoms with E-state index >= 15 is 0 Å². The molecule has 3 aromatic rings. The van der Waals surface area contributed by atoms with Crippen molar-refractivity contribution in [3.63, 3.8) is 0 Å². The average Bonchev–Trinajstić information content (AvgIpc) is 3.02. The highest BCUT2D eigenvalue weighted by Gasteiger charge is 2.13. The highest BCUT2D eigenvalue weighted by molar-refractivity contribution is 9.10. The Bertz CT molecular complexity index is 892. The van der Waals surface area contributed by atoms with Gasteiger partial charge >= 0.3 is 0 Å². The summed E-state index contributed by atoms with van der Waals surface area (Å²) in [5.74, 6) is 0.351. The Morgan fingerprint density at radius 1 is 1.21 bits per heavy atom. The Hall–Kier alpha value is -2.47. The lowest BCUT2D eigenvalue weighted by atomic mass is 10.1. The summed E-state index contributed by atoms with van der Waals surface area (Å²) in [7, 11) is 0. The van der Waals surface area contributed by atoms with Gasteiger partial charge in [0.15, 0.2) is 0 Å². The molecule has 0 aliphatic heterocycles. The number of hydrogen-bond donors (Lipinski definition) is 1. The van der Waals surface area contributed by atoms with E-state index < -0.39 is 0 Å². The van der Waals surface area contributed by atoms with Crippen LogP contribution in [0.2, 0.25) is 0 Å². The van der Waals surface area contributed by atoms with Gasteiger partial charge in [-0.25, -0.2) is 9.37 Å². The predicted molar refractivity (Wildman–Crippen MR) is 91.9 cm³/mol. The molecule has 1 N–H and O–H groups in total. The SMILES string of the molecule is Cc1ccc(C(=O)NCc2ccc(-c3ccccc3F)o2)c(Br)n1. The van der Waals surface area contributed by atoms with Crippen LogP contribution in [0, 0.1) is 12.7 Å². The molecule has 2 aromatic heterocycles. The van der Waals surface area contributed by atoms with Crippen LogP contribution in [-0.4, -0.2) is 10.9 Å². The van der Waals surface area contributed by atoms with Crippen LogP contribution < -0.4 is 5.32 Å². The van der Waals surface area contributed by atoms with Crippen LogP contribution in [-0.2, 0) is 6.54 Å². The number of aryl methyl sites for hydroxylation is 1. The van der Waals surface area contributed by atoms with Gasteiger partial charge in [0.05, 0.1) is 17.7 Å². The molecule has 4 nitrogen and oxygen atoms in total. The van der Waals surface area contributed by atoms with E-state index in [4.69, 9.17) is 4.42 Å². The van der Waals surface area contributed by atoms with Crippen LogP contribution in [0.4, 0.5) is 4.39 Å². The number of carbonyl (C=O) groups excluding carboxylic acids is 1. The molecule has 0 unspecified atom stereocenters. The van der Waals surface area contributed by atoms with Crippen molar-refractivity contribution in [1.29, 1.82) is 0 Å². The summed E-state index contributed by atoms with van der Waals surface area (Å²) >= 11 is 3.28. The number of nitrogens with one attached hydrogen (secondary N) is 1. The third-order valence-corrected chi connectivity index (χ3v) is 4.06. The van der Waals surface area contributed by atoms with Gasteiger partial charge in [0.2, 0.25) is 0 Å². The van der Waals surface area contributed by atoms with Crippen molar-refractivity contribution in [1.82, 2.24) is 10.3 Å². The van der Waals surface area contributed by atoms with Crippen LogP contribution in [0.1, 0.15) is 21.8 Å². The van der Waals surface area contributed by atoms with Gasteiger partial charge in [-0.1, -0.05) is 12.1 Å². The fraction of sp³-hybridized carbons (Fsp3) is 0.111. The van der Waals surface area contributed by atoms with Crippen LogP contribution >= 0.6 is 15.9 Å². The Morgan fingerprint density at radius 2 is 2.00 bits per heavy atom. The van der Waals surface area contributed by atoms with Gasteiger partial charge in [-0.15, -0.1) is 0 Å². The number of benzene rings is 1. The first kappa shape index (κ1) is 16.4. The van der Waals surface area contributed by atoms with Gasteiger partial charge in [0.25, 0.3) is 5.91 Å². The van der Waals surface area contributed by atoms with Crippen LogP contribution in [0.5, 0.6) is 0 Å². The molecule has 1 aromatic carbocycles. The molecule has 0 saturated carbocycles. The second-order valence-electron chi connectivity index (χ2n) is 5.22. The summed E-state index contributed by atoms with van der Waals surface area (Å²) in [5.41, 5.74) is 1.65. The molecule has 0 atom stereocenters. The third kappa shape index (κ3) is 3.54. The minimum atomic E-state index is -0.350. The van der Waals surface area contributed by atoms with Crippen molar-refractivity contribution in [3.8, 4) is 11.3 Å². The Labute approximate surface area is 146 Å². The van der Waals surface area contributed by atoms with Crippen molar-refractivity contribution in [2.24, 2.45) is 0 Å². The smallest absolute Gasteiger partial charge is 0.254 e. The quantitative estimate of drug-likeness (QED) is 0.670. The number of carbonyl (C=O) groups is 1. The minimum Gasteiger partial charge on any atom is -0.459 e. The lowest BCUT2D eigenvalue weighted by molar-refractivity contribution is 0.0947. The van der Waals surface area contributed by atoms with E-state index in [1.807, 2.05) is 6.92 Å². The fourth-order valence-corrected chi connectivity index (χ4v) is 2.83. The first-order valence-corrected chi connectivity index (χ1v) is 8.09. The van der Waals surface area contributed by atoms with E-state index in [1.165, 1.54) is 6.07 Å². The number of rotatable bonds is 4. The highest BCUT2D eigenvalue weighted by atomic mass is 79.9. The largest absolute Gasteiger partial charge is 0.459 e.